The van der Waals surface area contributed by atoms with E-state index in [0.717, 1.165) is 16.0 Å². The van der Waals surface area contributed by atoms with Crippen LogP contribution in [0.1, 0.15) is 31.1 Å². The number of carbonyl (C=O) groups is 2. The average molecular weight is 423 g/mol. The molecule has 0 spiro atoms. The van der Waals surface area contributed by atoms with Gasteiger partial charge in [0.05, 0.1) is 5.57 Å². The van der Waals surface area contributed by atoms with Crippen LogP contribution in [-0.2, 0) is 24.2 Å². The third-order valence-electron chi connectivity index (χ3n) is 5.78. The summed E-state index contributed by atoms with van der Waals surface area (Å²) in [6, 6.07) is 17.1. The van der Waals surface area contributed by atoms with E-state index >= 15 is 0 Å². The fraction of sp³-hybridized carbons (Fsp3) is 0.261. The fourth-order valence-corrected chi connectivity index (χ4v) is 6.19. The standard InChI is InChI=1S/C23H21NO5S/c1-4-17-20(25)24-19(23(2,3)30(27,28)21(17)24)22(26)29-18(15-11-7-5-8-12-15)16-13-9-6-10-14-16/h5-14,18-19,21H,1H2,2-3H3/t19-,21+/m0/s1. The molecule has 154 valence electrons. The van der Waals surface area contributed by atoms with E-state index in [-0.39, 0.29) is 5.57 Å². The summed E-state index contributed by atoms with van der Waals surface area (Å²) >= 11 is 0. The molecule has 0 unspecified atom stereocenters. The van der Waals surface area contributed by atoms with Crippen LogP contribution in [0.3, 0.4) is 0 Å². The van der Waals surface area contributed by atoms with Crippen molar-refractivity contribution in [2.45, 2.75) is 36.1 Å². The molecule has 0 aromatic heterocycles. The van der Waals surface area contributed by atoms with Crippen molar-refractivity contribution in [1.29, 1.82) is 0 Å². The van der Waals surface area contributed by atoms with Gasteiger partial charge in [0.15, 0.2) is 27.4 Å². The highest BCUT2D eigenvalue weighted by atomic mass is 32.2. The van der Waals surface area contributed by atoms with Crippen LogP contribution in [0.15, 0.2) is 78.5 Å². The maximum Gasteiger partial charge on any atom is 0.331 e. The Morgan fingerprint density at radius 3 is 2.03 bits per heavy atom. The van der Waals surface area contributed by atoms with Gasteiger partial charge in [-0.1, -0.05) is 67.2 Å². The first-order chi connectivity index (χ1) is 14.2. The number of hydrogen-bond acceptors (Lipinski definition) is 5. The van der Waals surface area contributed by atoms with Crippen LogP contribution in [0.4, 0.5) is 0 Å². The van der Waals surface area contributed by atoms with E-state index in [1.807, 2.05) is 60.7 Å². The van der Waals surface area contributed by atoms with Crippen molar-refractivity contribution in [2.24, 2.45) is 0 Å². The van der Waals surface area contributed by atoms with Gasteiger partial charge in [-0.05, 0) is 25.0 Å². The third kappa shape index (κ3) is 2.74. The van der Waals surface area contributed by atoms with Gasteiger partial charge in [0.2, 0.25) is 0 Å². The number of β-lactam (4-membered cyclic amide) rings is 1. The molecule has 0 N–H and O–H groups in total. The van der Waals surface area contributed by atoms with Crippen LogP contribution in [0.25, 0.3) is 0 Å². The number of fused-ring (bicyclic) bond motifs is 1. The molecular weight excluding hydrogens is 402 g/mol. The van der Waals surface area contributed by atoms with Crippen LogP contribution in [-0.4, -0.2) is 41.4 Å². The minimum Gasteiger partial charge on any atom is -0.451 e. The van der Waals surface area contributed by atoms with Crippen LogP contribution in [0.2, 0.25) is 0 Å². The summed E-state index contributed by atoms with van der Waals surface area (Å²) in [6.07, 6.45) is -0.733. The smallest absolute Gasteiger partial charge is 0.331 e. The second-order valence-electron chi connectivity index (χ2n) is 7.84. The Kier molecular flexibility index (Phi) is 4.68. The van der Waals surface area contributed by atoms with E-state index in [2.05, 4.69) is 12.3 Å². The summed E-state index contributed by atoms with van der Waals surface area (Å²) in [5, 5.41) is -1.21. The first kappa shape index (κ1) is 20.1. The van der Waals surface area contributed by atoms with Gasteiger partial charge in [-0.15, -0.1) is 5.73 Å². The van der Waals surface area contributed by atoms with Crippen molar-refractivity contribution in [3.8, 4) is 0 Å². The van der Waals surface area contributed by atoms with Crippen molar-refractivity contribution >= 4 is 21.7 Å². The zero-order valence-corrected chi connectivity index (χ0v) is 17.4. The van der Waals surface area contributed by atoms with Gasteiger partial charge < -0.3 is 9.64 Å². The number of ether oxygens (including phenoxy) is 1. The molecule has 1 amide bonds. The zero-order chi connectivity index (χ0) is 21.7. The molecule has 0 aliphatic carbocycles. The van der Waals surface area contributed by atoms with Gasteiger partial charge in [-0.3, -0.25) is 4.79 Å². The molecule has 7 heteroatoms. The number of hydrogen-bond donors (Lipinski definition) is 0. The Labute approximate surface area is 175 Å². The van der Waals surface area contributed by atoms with Crippen molar-refractivity contribution < 1.29 is 22.7 Å². The monoisotopic (exact) mass is 423 g/mol. The highest BCUT2D eigenvalue weighted by Crippen LogP contribution is 2.48. The molecule has 2 aromatic carbocycles. The van der Waals surface area contributed by atoms with Crippen molar-refractivity contribution in [2.75, 3.05) is 0 Å². The largest absolute Gasteiger partial charge is 0.451 e. The van der Waals surface area contributed by atoms with Crippen LogP contribution in [0, 0.1) is 0 Å². The fourth-order valence-electron chi connectivity index (χ4n) is 4.08. The molecule has 0 radical (unpaired) electrons. The summed E-state index contributed by atoms with van der Waals surface area (Å²) in [6.45, 7) is 6.30. The molecule has 2 saturated heterocycles. The van der Waals surface area contributed by atoms with E-state index in [1.165, 1.54) is 13.8 Å². The first-order valence-corrected chi connectivity index (χ1v) is 11.0. The quantitative estimate of drug-likeness (QED) is 0.327. The molecule has 2 heterocycles. The van der Waals surface area contributed by atoms with Gasteiger partial charge in [-0.2, -0.15) is 0 Å². The van der Waals surface area contributed by atoms with Gasteiger partial charge >= 0.3 is 5.97 Å². The van der Waals surface area contributed by atoms with E-state index < -0.39 is 44.0 Å². The Balaban J connectivity index is 1.73. The average Bonchev–Trinajstić information content (AvgIpc) is 2.88. The molecule has 2 aliphatic heterocycles. The summed E-state index contributed by atoms with van der Waals surface area (Å²) < 4.78 is 30.4. The molecule has 30 heavy (non-hydrogen) atoms. The number of sulfone groups is 1. The lowest BCUT2D eigenvalue weighted by Gasteiger charge is -2.37. The number of amides is 1. The lowest BCUT2D eigenvalue weighted by atomic mass is 9.95. The second-order valence-corrected chi connectivity index (χ2v) is 10.4. The number of esters is 1. The molecule has 2 aromatic rings. The zero-order valence-electron chi connectivity index (χ0n) is 16.6. The van der Waals surface area contributed by atoms with E-state index in [9.17, 15) is 18.0 Å². The lowest BCUT2D eigenvalue weighted by Crippen LogP contribution is -2.59. The van der Waals surface area contributed by atoms with Crippen LogP contribution < -0.4 is 0 Å². The van der Waals surface area contributed by atoms with Crippen LogP contribution in [0.5, 0.6) is 0 Å². The number of carbonyl (C=O) groups excluding carboxylic acids is 2. The first-order valence-electron chi connectivity index (χ1n) is 9.48. The molecular formula is C23H21NO5S. The molecule has 2 atom stereocenters. The molecule has 2 aliphatic rings. The normalized spacial score (nSPS) is 23.5. The summed E-state index contributed by atoms with van der Waals surface area (Å²) in [7, 11) is -3.85. The predicted molar refractivity (Wildman–Crippen MR) is 111 cm³/mol. The van der Waals surface area contributed by atoms with E-state index in [1.54, 1.807) is 0 Å². The van der Waals surface area contributed by atoms with E-state index in [0.29, 0.717) is 0 Å². The predicted octanol–water partition coefficient (Wildman–Crippen LogP) is 2.77. The second kappa shape index (κ2) is 6.97. The summed E-state index contributed by atoms with van der Waals surface area (Å²) in [5.41, 5.74) is 3.87. The molecule has 6 nitrogen and oxygen atoms in total. The van der Waals surface area contributed by atoms with Crippen LogP contribution >= 0.6 is 0 Å². The topological polar surface area (TPSA) is 80.8 Å². The molecule has 0 saturated carbocycles. The Morgan fingerprint density at radius 2 is 1.57 bits per heavy atom. The van der Waals surface area contributed by atoms with Crippen molar-refractivity contribution in [3.05, 3.63) is 89.7 Å². The summed E-state index contributed by atoms with van der Waals surface area (Å²) in [5.74, 6) is -1.32. The highest BCUT2D eigenvalue weighted by molar-refractivity contribution is 7.94. The number of nitrogens with zero attached hydrogens (tertiary/aromatic N) is 1. The summed E-state index contributed by atoms with van der Waals surface area (Å²) in [4.78, 5) is 26.9. The van der Waals surface area contributed by atoms with Crippen molar-refractivity contribution in [3.63, 3.8) is 0 Å². The highest BCUT2D eigenvalue weighted by Gasteiger charge is 2.70. The molecule has 2 fully saturated rings. The Morgan fingerprint density at radius 1 is 1.07 bits per heavy atom. The molecule has 4 rings (SSSR count). The van der Waals surface area contributed by atoms with Crippen molar-refractivity contribution in [1.82, 2.24) is 4.90 Å². The number of benzene rings is 2. The maximum absolute atomic E-state index is 13.3. The SMILES string of the molecule is C=C=C1C(=O)N2[C@@H](C(=O)OC(c3ccccc3)c3ccccc3)C(C)(C)S(=O)(=O)[C@H]12. The van der Waals surface area contributed by atoms with E-state index in [4.69, 9.17) is 4.74 Å². The number of rotatable bonds is 4. The van der Waals surface area contributed by atoms with Gasteiger partial charge in [0.1, 0.15) is 4.75 Å². The minimum absolute atomic E-state index is 0.0268. The van der Waals surface area contributed by atoms with Gasteiger partial charge in [0.25, 0.3) is 5.91 Å². The molecule has 0 bridgehead atoms. The third-order valence-corrected chi connectivity index (χ3v) is 8.52. The lowest BCUT2D eigenvalue weighted by molar-refractivity contribution is -0.160. The minimum atomic E-state index is -3.85. The van der Waals surface area contributed by atoms with Gasteiger partial charge in [-0.25, -0.2) is 13.2 Å². The van der Waals surface area contributed by atoms with Gasteiger partial charge in [0, 0.05) is 0 Å². The maximum atomic E-state index is 13.3. The Hall–Kier alpha value is -3.15. The Bertz CT molecular complexity index is 1130.